The molecule has 0 spiro atoms. The van der Waals surface area contributed by atoms with Gasteiger partial charge in [0.2, 0.25) is 0 Å². The van der Waals surface area contributed by atoms with Crippen LogP contribution < -0.4 is 0 Å². The molecule has 2 aromatic carbocycles. The van der Waals surface area contributed by atoms with Crippen molar-refractivity contribution in [3.8, 4) is 0 Å². The van der Waals surface area contributed by atoms with E-state index in [4.69, 9.17) is 39.5 Å². The van der Waals surface area contributed by atoms with Crippen molar-refractivity contribution in [1.29, 1.82) is 0 Å². The quantitative estimate of drug-likeness (QED) is 0.491. The van der Waals surface area contributed by atoms with Crippen LogP contribution in [-0.2, 0) is 16.0 Å². The van der Waals surface area contributed by atoms with Gasteiger partial charge >= 0.3 is 5.97 Å². The molecule has 0 aliphatic heterocycles. The Morgan fingerprint density at radius 2 is 1.87 bits per heavy atom. The normalized spacial score (nSPS) is 11.0. The zero-order valence-corrected chi connectivity index (χ0v) is 14.8. The molecule has 2 nitrogen and oxygen atoms in total. The largest absolute Gasteiger partial charge is 0.463 e. The van der Waals surface area contributed by atoms with Gasteiger partial charge in [0.05, 0.1) is 16.7 Å². The number of rotatable bonds is 5. The van der Waals surface area contributed by atoms with E-state index in [1.807, 2.05) is 30.3 Å². The molecule has 0 atom stereocenters. The number of hydrogen-bond acceptors (Lipinski definition) is 2. The Morgan fingerprint density at radius 3 is 2.57 bits per heavy atom. The minimum absolute atomic E-state index is 0.342. The highest BCUT2D eigenvalue weighted by Gasteiger charge is 2.06. The maximum absolute atomic E-state index is 11.5. The summed E-state index contributed by atoms with van der Waals surface area (Å²) in [6.45, 7) is 2.11. The summed E-state index contributed by atoms with van der Waals surface area (Å²) in [6, 6.07) is 11.1. The summed E-state index contributed by atoms with van der Waals surface area (Å²) in [4.78, 5) is 11.5. The monoisotopic (exact) mass is 368 g/mol. The van der Waals surface area contributed by atoms with Gasteiger partial charge in [0.15, 0.2) is 0 Å². The van der Waals surface area contributed by atoms with E-state index in [1.165, 1.54) is 6.08 Å². The summed E-state index contributed by atoms with van der Waals surface area (Å²) in [6.07, 6.45) is 3.75. The zero-order valence-electron chi connectivity index (χ0n) is 12.5. The molecule has 23 heavy (non-hydrogen) atoms. The molecule has 0 aliphatic carbocycles. The second-order valence-corrected chi connectivity index (χ2v) is 6.10. The molecular formula is C18H15Cl3O2. The van der Waals surface area contributed by atoms with Crippen LogP contribution in [0.1, 0.15) is 23.6 Å². The topological polar surface area (TPSA) is 26.3 Å². The van der Waals surface area contributed by atoms with E-state index in [2.05, 4.69) is 0 Å². The fourth-order valence-corrected chi connectivity index (χ4v) is 2.60. The number of halogens is 3. The van der Waals surface area contributed by atoms with Crippen LogP contribution in [0, 0.1) is 0 Å². The molecule has 2 aromatic rings. The van der Waals surface area contributed by atoms with Crippen LogP contribution >= 0.6 is 34.8 Å². The molecule has 0 unspecified atom stereocenters. The second kappa shape index (κ2) is 8.39. The number of carbonyl (C=O) groups excluding carboxylic acids is 1. The molecule has 0 amide bonds. The van der Waals surface area contributed by atoms with Gasteiger partial charge in [0.25, 0.3) is 0 Å². The van der Waals surface area contributed by atoms with Crippen LogP contribution in [-0.4, -0.2) is 12.6 Å². The number of benzene rings is 2. The van der Waals surface area contributed by atoms with Crippen LogP contribution in [0.15, 0.2) is 42.5 Å². The van der Waals surface area contributed by atoms with Crippen LogP contribution in [0.5, 0.6) is 0 Å². The SMILES string of the molecule is CCOC(=O)/C=C/c1cc(Cl)ccc1Cc1ccc(Cl)c(Cl)c1. The zero-order chi connectivity index (χ0) is 16.8. The smallest absolute Gasteiger partial charge is 0.330 e. The Labute approximate surface area is 150 Å². The Hall–Kier alpha value is -1.48. The minimum Gasteiger partial charge on any atom is -0.463 e. The molecule has 0 aliphatic rings. The predicted molar refractivity (Wildman–Crippen MR) is 96.4 cm³/mol. The van der Waals surface area contributed by atoms with Crippen molar-refractivity contribution < 1.29 is 9.53 Å². The van der Waals surface area contributed by atoms with Crippen LogP contribution in [0.3, 0.4) is 0 Å². The van der Waals surface area contributed by atoms with Gasteiger partial charge in [-0.05, 0) is 60.4 Å². The Balaban J connectivity index is 2.27. The van der Waals surface area contributed by atoms with Crippen molar-refractivity contribution >= 4 is 46.8 Å². The maximum Gasteiger partial charge on any atom is 0.330 e. The molecule has 0 heterocycles. The van der Waals surface area contributed by atoms with Gasteiger partial charge in [-0.3, -0.25) is 0 Å². The van der Waals surface area contributed by atoms with Crippen LogP contribution in [0.4, 0.5) is 0 Å². The molecule has 0 fully saturated rings. The highest BCUT2D eigenvalue weighted by atomic mass is 35.5. The van der Waals surface area contributed by atoms with Crippen molar-refractivity contribution in [3.63, 3.8) is 0 Å². The number of carbonyl (C=O) groups is 1. The van der Waals surface area contributed by atoms with Crippen molar-refractivity contribution in [1.82, 2.24) is 0 Å². The average Bonchev–Trinajstić information content (AvgIpc) is 2.51. The molecule has 0 N–H and O–H groups in total. The predicted octanol–water partition coefficient (Wildman–Crippen LogP) is 5.81. The summed E-state index contributed by atoms with van der Waals surface area (Å²) in [7, 11) is 0. The molecule has 0 saturated carbocycles. The highest BCUT2D eigenvalue weighted by Crippen LogP contribution is 2.26. The molecule has 0 radical (unpaired) electrons. The lowest BCUT2D eigenvalue weighted by Crippen LogP contribution is -1.99. The van der Waals surface area contributed by atoms with Gasteiger partial charge in [0.1, 0.15) is 0 Å². The van der Waals surface area contributed by atoms with E-state index < -0.39 is 0 Å². The van der Waals surface area contributed by atoms with Gasteiger partial charge in [-0.1, -0.05) is 46.9 Å². The lowest BCUT2D eigenvalue weighted by molar-refractivity contribution is -0.137. The molecule has 0 saturated heterocycles. The van der Waals surface area contributed by atoms with Gasteiger partial charge in [-0.15, -0.1) is 0 Å². The standard InChI is InChI=1S/C18H15Cl3O2/c1-2-23-18(22)8-5-14-11-15(19)6-4-13(14)9-12-3-7-16(20)17(21)10-12/h3-8,10-11H,2,9H2,1H3/b8-5+. The first-order valence-corrected chi connectivity index (χ1v) is 8.20. The van der Waals surface area contributed by atoms with E-state index in [1.54, 1.807) is 19.1 Å². The van der Waals surface area contributed by atoms with E-state index in [-0.39, 0.29) is 5.97 Å². The van der Waals surface area contributed by atoms with Crippen molar-refractivity contribution in [2.45, 2.75) is 13.3 Å². The summed E-state index contributed by atoms with van der Waals surface area (Å²) in [5, 5.41) is 1.64. The van der Waals surface area contributed by atoms with Crippen molar-refractivity contribution in [2.75, 3.05) is 6.61 Å². The molecule has 120 valence electrons. The lowest BCUT2D eigenvalue weighted by atomic mass is 9.99. The Morgan fingerprint density at radius 1 is 1.09 bits per heavy atom. The van der Waals surface area contributed by atoms with E-state index >= 15 is 0 Å². The summed E-state index contributed by atoms with van der Waals surface area (Å²) in [5.41, 5.74) is 2.90. The number of ether oxygens (including phenoxy) is 1. The Kier molecular flexibility index (Phi) is 6.52. The third-order valence-corrected chi connectivity index (χ3v) is 4.15. The van der Waals surface area contributed by atoms with Gasteiger partial charge in [0, 0.05) is 11.1 Å². The van der Waals surface area contributed by atoms with Crippen LogP contribution in [0.25, 0.3) is 6.08 Å². The third-order valence-electron chi connectivity index (χ3n) is 3.17. The fraction of sp³-hybridized carbons (Fsp3) is 0.167. The summed E-state index contributed by atoms with van der Waals surface area (Å²) >= 11 is 18.0. The first kappa shape index (κ1) is 17.9. The lowest BCUT2D eigenvalue weighted by Gasteiger charge is -2.08. The molecular weight excluding hydrogens is 355 g/mol. The van der Waals surface area contributed by atoms with Crippen molar-refractivity contribution in [3.05, 3.63) is 74.2 Å². The average molecular weight is 370 g/mol. The van der Waals surface area contributed by atoms with E-state index in [0.29, 0.717) is 28.1 Å². The first-order valence-electron chi connectivity index (χ1n) is 7.06. The van der Waals surface area contributed by atoms with E-state index in [0.717, 1.165) is 16.7 Å². The van der Waals surface area contributed by atoms with E-state index in [9.17, 15) is 4.79 Å². The second-order valence-electron chi connectivity index (χ2n) is 4.85. The highest BCUT2D eigenvalue weighted by molar-refractivity contribution is 6.42. The van der Waals surface area contributed by atoms with Crippen LogP contribution in [0.2, 0.25) is 15.1 Å². The molecule has 2 rings (SSSR count). The van der Waals surface area contributed by atoms with Gasteiger partial charge in [-0.2, -0.15) is 0 Å². The Bertz CT molecular complexity index is 739. The summed E-state index contributed by atoms with van der Waals surface area (Å²) in [5.74, 6) is -0.382. The number of esters is 1. The summed E-state index contributed by atoms with van der Waals surface area (Å²) < 4.78 is 4.89. The molecule has 0 bridgehead atoms. The fourth-order valence-electron chi connectivity index (χ4n) is 2.10. The van der Waals surface area contributed by atoms with Gasteiger partial charge < -0.3 is 4.74 Å². The van der Waals surface area contributed by atoms with Crippen molar-refractivity contribution in [2.24, 2.45) is 0 Å². The first-order chi connectivity index (χ1) is 11.0. The third kappa shape index (κ3) is 5.28. The number of hydrogen-bond donors (Lipinski definition) is 0. The van der Waals surface area contributed by atoms with Gasteiger partial charge in [-0.25, -0.2) is 4.79 Å². The molecule has 5 heteroatoms. The minimum atomic E-state index is -0.382. The molecule has 0 aromatic heterocycles. The maximum atomic E-state index is 11.5.